The van der Waals surface area contributed by atoms with E-state index in [1.54, 1.807) is 0 Å². The molecule has 1 heterocycles. The highest BCUT2D eigenvalue weighted by molar-refractivity contribution is 5.97. The van der Waals surface area contributed by atoms with Gasteiger partial charge in [0.2, 0.25) is 5.91 Å². The fraction of sp³-hybridized carbons (Fsp3) is 0.562. The Morgan fingerprint density at radius 1 is 1.21 bits per heavy atom. The number of ether oxygens (including phenoxy) is 1. The zero-order valence-corrected chi connectivity index (χ0v) is 11.5. The molecule has 0 saturated heterocycles. The second-order valence-electron chi connectivity index (χ2n) is 5.67. The van der Waals surface area contributed by atoms with E-state index in [0.29, 0.717) is 12.5 Å². The number of carbonyl (C=O) groups excluding carboxylic acids is 1. The van der Waals surface area contributed by atoms with Gasteiger partial charge in [-0.25, -0.2) is 0 Å². The van der Waals surface area contributed by atoms with Gasteiger partial charge in [0.15, 0.2) is 0 Å². The second-order valence-corrected chi connectivity index (χ2v) is 5.67. The number of carbonyl (C=O) groups is 1. The van der Waals surface area contributed by atoms with Crippen LogP contribution >= 0.6 is 0 Å². The van der Waals surface area contributed by atoms with E-state index in [0.717, 1.165) is 24.3 Å². The first-order valence-electron chi connectivity index (χ1n) is 7.32. The van der Waals surface area contributed by atoms with Crippen LogP contribution in [0.5, 0.6) is 5.75 Å². The summed E-state index contributed by atoms with van der Waals surface area (Å²) in [6, 6.07) is 8.00. The number of amides is 1. The third-order valence-electron chi connectivity index (χ3n) is 4.24. The van der Waals surface area contributed by atoms with E-state index >= 15 is 0 Å². The lowest BCUT2D eigenvalue weighted by molar-refractivity contribution is -0.124. The van der Waals surface area contributed by atoms with Crippen LogP contribution in [0.1, 0.15) is 39.0 Å². The van der Waals surface area contributed by atoms with Gasteiger partial charge in [-0.05, 0) is 31.9 Å². The van der Waals surface area contributed by atoms with Crippen LogP contribution < -0.4 is 9.64 Å². The molecule has 0 radical (unpaired) electrons. The molecular formula is C16H21NO2. The van der Waals surface area contributed by atoms with Gasteiger partial charge in [-0.1, -0.05) is 31.4 Å². The van der Waals surface area contributed by atoms with E-state index in [2.05, 4.69) is 6.92 Å². The Kier molecular flexibility index (Phi) is 3.45. The largest absolute Gasteiger partial charge is 0.489 e. The molecule has 1 aromatic carbocycles. The average Bonchev–Trinajstić information content (AvgIpc) is 2.47. The Balaban J connectivity index is 1.88. The molecule has 0 aromatic heterocycles. The number of hydrogen-bond acceptors (Lipinski definition) is 2. The van der Waals surface area contributed by atoms with Crippen LogP contribution in [-0.4, -0.2) is 18.6 Å². The molecule has 1 amide bonds. The number of nitrogens with zero attached hydrogens (tertiary/aromatic N) is 1. The molecule has 3 nitrogen and oxygen atoms in total. The Morgan fingerprint density at radius 3 is 2.74 bits per heavy atom. The molecule has 2 aliphatic rings. The van der Waals surface area contributed by atoms with Crippen molar-refractivity contribution in [3.8, 4) is 5.75 Å². The summed E-state index contributed by atoms with van der Waals surface area (Å²) in [6.07, 6.45) is 5.75. The molecule has 102 valence electrons. The third kappa shape index (κ3) is 2.34. The number of para-hydroxylation sites is 2. The first-order valence-corrected chi connectivity index (χ1v) is 7.32. The van der Waals surface area contributed by atoms with E-state index in [9.17, 15) is 4.79 Å². The smallest absolute Gasteiger partial charge is 0.230 e. The molecule has 1 atom stereocenters. The maximum absolute atomic E-state index is 12.8. The quantitative estimate of drug-likeness (QED) is 0.773. The van der Waals surface area contributed by atoms with E-state index in [4.69, 9.17) is 4.74 Å². The summed E-state index contributed by atoms with van der Waals surface area (Å²) < 4.78 is 5.71. The molecule has 0 spiro atoms. The molecule has 1 aliphatic heterocycles. The van der Waals surface area contributed by atoms with Gasteiger partial charge in [0, 0.05) is 5.92 Å². The number of benzene rings is 1. The summed E-state index contributed by atoms with van der Waals surface area (Å²) in [7, 11) is 0. The zero-order valence-electron chi connectivity index (χ0n) is 11.5. The second kappa shape index (κ2) is 5.24. The highest BCUT2D eigenvalue weighted by Gasteiger charge is 2.33. The summed E-state index contributed by atoms with van der Waals surface area (Å²) in [5, 5.41) is 0. The molecule has 1 fully saturated rings. The van der Waals surface area contributed by atoms with Gasteiger partial charge in [-0.3, -0.25) is 4.79 Å². The summed E-state index contributed by atoms with van der Waals surface area (Å²) in [5.41, 5.74) is 0.942. The number of anilines is 1. The minimum atomic E-state index is 0.129. The third-order valence-corrected chi connectivity index (χ3v) is 4.24. The zero-order chi connectivity index (χ0) is 13.2. The van der Waals surface area contributed by atoms with Gasteiger partial charge in [0.05, 0.1) is 11.7 Å². The van der Waals surface area contributed by atoms with E-state index in [1.165, 1.54) is 19.3 Å². The lowest BCUT2D eigenvalue weighted by Crippen LogP contribution is -2.48. The highest BCUT2D eigenvalue weighted by atomic mass is 16.5. The standard InChI is InChI=1S/C16H21NO2/c1-12-11-19-15-10-6-5-9-14(15)17(12)16(18)13-7-3-2-4-8-13/h5-6,9-10,12-13H,2-4,7-8,11H2,1H3. The van der Waals surface area contributed by atoms with Crippen molar-refractivity contribution in [2.75, 3.05) is 11.5 Å². The number of fused-ring (bicyclic) bond motifs is 1. The number of rotatable bonds is 1. The first-order chi connectivity index (χ1) is 9.27. The van der Waals surface area contributed by atoms with Gasteiger partial charge in [0.1, 0.15) is 12.4 Å². The molecule has 1 aromatic rings. The maximum Gasteiger partial charge on any atom is 0.230 e. The van der Waals surface area contributed by atoms with Crippen molar-refractivity contribution in [1.29, 1.82) is 0 Å². The van der Waals surface area contributed by atoms with Crippen molar-refractivity contribution in [2.45, 2.75) is 45.1 Å². The molecule has 3 rings (SSSR count). The predicted octanol–water partition coefficient (Wildman–Crippen LogP) is 3.38. The Labute approximate surface area is 114 Å². The van der Waals surface area contributed by atoms with Crippen molar-refractivity contribution < 1.29 is 9.53 Å². The molecule has 19 heavy (non-hydrogen) atoms. The summed E-state index contributed by atoms with van der Waals surface area (Å²) >= 11 is 0. The summed E-state index contributed by atoms with van der Waals surface area (Å²) in [6.45, 7) is 2.66. The maximum atomic E-state index is 12.8. The Morgan fingerprint density at radius 2 is 1.95 bits per heavy atom. The van der Waals surface area contributed by atoms with E-state index in [-0.39, 0.29) is 12.0 Å². The van der Waals surface area contributed by atoms with Gasteiger partial charge < -0.3 is 9.64 Å². The highest BCUT2D eigenvalue weighted by Crippen LogP contribution is 2.36. The van der Waals surface area contributed by atoms with Crippen molar-refractivity contribution in [3.05, 3.63) is 24.3 Å². The molecule has 0 bridgehead atoms. The van der Waals surface area contributed by atoms with Crippen LogP contribution in [0.25, 0.3) is 0 Å². The fourth-order valence-corrected chi connectivity index (χ4v) is 3.18. The minimum absolute atomic E-state index is 0.129. The monoisotopic (exact) mass is 259 g/mol. The molecule has 1 saturated carbocycles. The summed E-state index contributed by atoms with van der Waals surface area (Å²) in [5.74, 6) is 1.34. The van der Waals surface area contributed by atoms with Crippen LogP contribution in [0.2, 0.25) is 0 Å². The SMILES string of the molecule is CC1COc2ccccc2N1C(=O)C1CCCCC1. The van der Waals surface area contributed by atoms with E-state index < -0.39 is 0 Å². The minimum Gasteiger partial charge on any atom is -0.489 e. The molecule has 1 unspecified atom stereocenters. The van der Waals surface area contributed by atoms with Gasteiger partial charge in [0.25, 0.3) is 0 Å². The lowest BCUT2D eigenvalue weighted by atomic mass is 9.87. The van der Waals surface area contributed by atoms with Crippen molar-refractivity contribution in [2.24, 2.45) is 5.92 Å². The van der Waals surface area contributed by atoms with Gasteiger partial charge in [-0.15, -0.1) is 0 Å². The van der Waals surface area contributed by atoms with Crippen LogP contribution in [0.3, 0.4) is 0 Å². The normalized spacial score (nSPS) is 23.6. The lowest BCUT2D eigenvalue weighted by Gasteiger charge is -2.37. The summed E-state index contributed by atoms with van der Waals surface area (Å²) in [4.78, 5) is 14.8. The predicted molar refractivity (Wildman–Crippen MR) is 75.5 cm³/mol. The molecule has 0 N–H and O–H groups in total. The Hall–Kier alpha value is -1.51. The van der Waals surface area contributed by atoms with Crippen LogP contribution in [0.15, 0.2) is 24.3 Å². The average molecular weight is 259 g/mol. The van der Waals surface area contributed by atoms with Crippen molar-refractivity contribution in [3.63, 3.8) is 0 Å². The molecule has 3 heteroatoms. The van der Waals surface area contributed by atoms with Crippen molar-refractivity contribution >= 4 is 11.6 Å². The molecular weight excluding hydrogens is 238 g/mol. The topological polar surface area (TPSA) is 29.5 Å². The van der Waals surface area contributed by atoms with Crippen molar-refractivity contribution in [1.82, 2.24) is 0 Å². The fourth-order valence-electron chi connectivity index (χ4n) is 3.18. The van der Waals surface area contributed by atoms with Crippen LogP contribution in [0.4, 0.5) is 5.69 Å². The first kappa shape index (κ1) is 12.5. The van der Waals surface area contributed by atoms with Crippen LogP contribution in [-0.2, 0) is 4.79 Å². The Bertz CT molecular complexity index is 466. The molecule has 1 aliphatic carbocycles. The number of hydrogen-bond donors (Lipinski definition) is 0. The van der Waals surface area contributed by atoms with Gasteiger partial charge in [-0.2, -0.15) is 0 Å². The van der Waals surface area contributed by atoms with Crippen LogP contribution in [0, 0.1) is 5.92 Å². The van der Waals surface area contributed by atoms with Gasteiger partial charge >= 0.3 is 0 Å². The van der Waals surface area contributed by atoms with E-state index in [1.807, 2.05) is 29.2 Å².